The topological polar surface area (TPSA) is 82.2 Å². The van der Waals surface area contributed by atoms with E-state index in [1.165, 1.54) is 6.39 Å². The second kappa shape index (κ2) is 4.61. The third-order valence-electron chi connectivity index (χ3n) is 3.24. The normalized spacial score (nSPS) is 18.6. The number of oxazole rings is 1. The number of nitrogens with one attached hydrogen (secondary N) is 1. The second-order valence-electron chi connectivity index (χ2n) is 4.44. The van der Waals surface area contributed by atoms with Crippen LogP contribution in [0.4, 0.5) is 4.79 Å². The van der Waals surface area contributed by atoms with Crippen LogP contribution in [0.15, 0.2) is 29.0 Å². The van der Waals surface area contributed by atoms with E-state index in [0.717, 1.165) is 11.1 Å². The zero-order valence-corrected chi connectivity index (χ0v) is 10.2. The maximum atomic E-state index is 11.7. The maximum Gasteiger partial charge on any atom is 0.318 e. The molecular weight excluding hydrogens is 244 g/mol. The quantitative estimate of drug-likeness (QED) is 0.907. The van der Waals surface area contributed by atoms with Crippen molar-refractivity contribution in [3.05, 3.63) is 30.2 Å². The maximum absolute atomic E-state index is 11.7. The third kappa shape index (κ3) is 2.10. The van der Waals surface area contributed by atoms with Gasteiger partial charge in [0.2, 0.25) is 0 Å². The predicted molar refractivity (Wildman–Crippen MR) is 67.1 cm³/mol. The van der Waals surface area contributed by atoms with Crippen LogP contribution in [0.1, 0.15) is 18.0 Å². The lowest BCUT2D eigenvalue weighted by atomic mass is 10.1. The number of fused-ring (bicyclic) bond motifs is 1. The smallest absolute Gasteiger partial charge is 0.318 e. The Morgan fingerprint density at radius 1 is 1.58 bits per heavy atom. The van der Waals surface area contributed by atoms with Gasteiger partial charge in [-0.2, -0.15) is 5.26 Å². The van der Waals surface area contributed by atoms with Gasteiger partial charge in [-0.3, -0.25) is 0 Å². The molecule has 1 aliphatic heterocycles. The van der Waals surface area contributed by atoms with Crippen molar-refractivity contribution in [3.63, 3.8) is 0 Å². The molecule has 1 saturated heterocycles. The highest BCUT2D eigenvalue weighted by Crippen LogP contribution is 2.23. The number of nitriles is 1. The number of carbonyl (C=O) groups excluding carboxylic acids is 1. The van der Waals surface area contributed by atoms with Crippen molar-refractivity contribution in [2.75, 3.05) is 13.1 Å². The van der Waals surface area contributed by atoms with Crippen LogP contribution in [0.5, 0.6) is 0 Å². The molecule has 6 nitrogen and oxygen atoms in total. The summed E-state index contributed by atoms with van der Waals surface area (Å²) >= 11 is 0. The Bertz CT molecular complexity index is 658. The number of carbonyl (C=O) groups is 1. The van der Waals surface area contributed by atoms with Gasteiger partial charge in [0.25, 0.3) is 0 Å². The van der Waals surface area contributed by atoms with Crippen LogP contribution < -0.4 is 5.32 Å². The van der Waals surface area contributed by atoms with Crippen LogP contribution in [0.3, 0.4) is 0 Å². The molecule has 2 aromatic rings. The first-order valence-electron chi connectivity index (χ1n) is 6.03. The van der Waals surface area contributed by atoms with E-state index in [4.69, 9.17) is 9.68 Å². The minimum Gasteiger partial charge on any atom is -0.443 e. The van der Waals surface area contributed by atoms with Gasteiger partial charge >= 0.3 is 6.03 Å². The largest absolute Gasteiger partial charge is 0.443 e. The molecule has 0 bridgehead atoms. The molecule has 0 saturated carbocycles. The van der Waals surface area contributed by atoms with Gasteiger partial charge in [-0.15, -0.1) is 0 Å². The highest BCUT2D eigenvalue weighted by atomic mass is 16.3. The number of rotatable bonds is 3. The summed E-state index contributed by atoms with van der Waals surface area (Å²) in [5, 5.41) is 11.5. The summed E-state index contributed by atoms with van der Waals surface area (Å²) in [5.41, 5.74) is 2.49. The van der Waals surface area contributed by atoms with E-state index in [9.17, 15) is 4.79 Å². The van der Waals surface area contributed by atoms with E-state index >= 15 is 0 Å². The van der Waals surface area contributed by atoms with Crippen LogP contribution in [0, 0.1) is 11.3 Å². The Labute approximate surface area is 109 Å². The van der Waals surface area contributed by atoms with E-state index in [1.807, 2.05) is 24.3 Å². The molecule has 1 N–H and O–H groups in total. The van der Waals surface area contributed by atoms with Gasteiger partial charge in [-0.1, -0.05) is 6.07 Å². The molecule has 1 atom stereocenters. The lowest BCUT2D eigenvalue weighted by Crippen LogP contribution is -2.28. The first kappa shape index (κ1) is 11.5. The van der Waals surface area contributed by atoms with Gasteiger partial charge in [0.1, 0.15) is 5.52 Å². The fourth-order valence-corrected chi connectivity index (χ4v) is 2.24. The fraction of sp³-hybridized carbons (Fsp3) is 0.308. The van der Waals surface area contributed by atoms with Crippen molar-refractivity contribution in [3.8, 4) is 6.07 Å². The Morgan fingerprint density at radius 3 is 3.32 bits per heavy atom. The minimum absolute atomic E-state index is 0.0688. The van der Waals surface area contributed by atoms with Crippen molar-refractivity contribution < 1.29 is 9.21 Å². The van der Waals surface area contributed by atoms with Gasteiger partial charge in [0.15, 0.2) is 12.0 Å². The summed E-state index contributed by atoms with van der Waals surface area (Å²) in [6.07, 6.45) is 1.75. The number of aromatic nitrogens is 1. The van der Waals surface area contributed by atoms with Gasteiger partial charge in [0.05, 0.1) is 18.5 Å². The summed E-state index contributed by atoms with van der Waals surface area (Å²) in [7, 11) is 0. The van der Waals surface area contributed by atoms with E-state index in [1.54, 1.807) is 4.90 Å². The van der Waals surface area contributed by atoms with Crippen LogP contribution in [0.25, 0.3) is 11.1 Å². The van der Waals surface area contributed by atoms with Crippen LogP contribution in [-0.4, -0.2) is 29.0 Å². The van der Waals surface area contributed by atoms with Crippen LogP contribution in [0.2, 0.25) is 0 Å². The number of nitrogens with zero attached hydrogens (tertiary/aromatic N) is 3. The molecule has 2 heterocycles. The molecular formula is C13H12N4O2. The number of hydrogen-bond donors (Lipinski definition) is 1. The summed E-state index contributed by atoms with van der Waals surface area (Å²) in [4.78, 5) is 17.5. The Balaban J connectivity index is 1.79. The predicted octanol–water partition coefficient (Wildman–Crippen LogP) is 1.81. The van der Waals surface area contributed by atoms with E-state index in [2.05, 4.69) is 10.3 Å². The molecule has 2 amide bonds. The number of urea groups is 1. The first-order valence-corrected chi connectivity index (χ1v) is 6.03. The van der Waals surface area contributed by atoms with Crippen molar-refractivity contribution >= 4 is 17.1 Å². The van der Waals surface area contributed by atoms with E-state index in [-0.39, 0.29) is 12.1 Å². The van der Waals surface area contributed by atoms with Crippen LogP contribution >= 0.6 is 0 Å². The molecule has 3 rings (SSSR count). The zero-order chi connectivity index (χ0) is 13.2. The van der Waals surface area contributed by atoms with Crippen LogP contribution in [-0.2, 0) is 0 Å². The number of benzene rings is 1. The average molecular weight is 256 g/mol. The standard InChI is InChI=1S/C13H12N4O2/c14-4-1-5-17-7-11(16-13(17)18)9-2-3-10-12(6-9)19-8-15-10/h2-3,6,8,11H,1,5,7H2,(H,16,18). The summed E-state index contributed by atoms with van der Waals surface area (Å²) in [6, 6.07) is 7.55. The molecule has 6 heteroatoms. The SMILES string of the molecule is N#CCCN1CC(c2ccc3ncoc3c2)NC1=O. The monoisotopic (exact) mass is 256 g/mol. The molecule has 1 aromatic carbocycles. The molecule has 0 aliphatic carbocycles. The van der Waals surface area contributed by atoms with Crippen molar-refractivity contribution in [2.45, 2.75) is 12.5 Å². The average Bonchev–Trinajstić information content (AvgIpc) is 3.02. The number of hydrogen-bond acceptors (Lipinski definition) is 4. The molecule has 96 valence electrons. The molecule has 1 fully saturated rings. The molecule has 0 radical (unpaired) electrons. The Hall–Kier alpha value is -2.55. The van der Waals surface area contributed by atoms with Crippen molar-refractivity contribution in [2.24, 2.45) is 0 Å². The second-order valence-corrected chi connectivity index (χ2v) is 4.44. The molecule has 1 aliphatic rings. The summed E-state index contributed by atoms with van der Waals surface area (Å²) in [6.45, 7) is 1.03. The van der Waals surface area contributed by atoms with E-state index in [0.29, 0.717) is 25.1 Å². The van der Waals surface area contributed by atoms with Gasteiger partial charge in [0, 0.05) is 13.1 Å². The van der Waals surface area contributed by atoms with Gasteiger partial charge in [-0.05, 0) is 17.7 Å². The van der Waals surface area contributed by atoms with Gasteiger partial charge < -0.3 is 14.6 Å². The Morgan fingerprint density at radius 2 is 2.47 bits per heavy atom. The summed E-state index contributed by atoms with van der Waals surface area (Å²) < 4.78 is 5.26. The van der Waals surface area contributed by atoms with Gasteiger partial charge in [-0.25, -0.2) is 9.78 Å². The lowest BCUT2D eigenvalue weighted by Gasteiger charge is -2.12. The molecule has 1 unspecified atom stereocenters. The van der Waals surface area contributed by atoms with Crippen molar-refractivity contribution in [1.29, 1.82) is 5.26 Å². The third-order valence-corrected chi connectivity index (χ3v) is 3.24. The van der Waals surface area contributed by atoms with Crippen molar-refractivity contribution in [1.82, 2.24) is 15.2 Å². The Kier molecular flexibility index (Phi) is 2.80. The zero-order valence-electron chi connectivity index (χ0n) is 10.2. The molecule has 0 spiro atoms. The highest BCUT2D eigenvalue weighted by Gasteiger charge is 2.29. The highest BCUT2D eigenvalue weighted by molar-refractivity contribution is 5.78. The molecule has 1 aromatic heterocycles. The fourth-order valence-electron chi connectivity index (χ4n) is 2.24. The lowest BCUT2D eigenvalue weighted by molar-refractivity contribution is 0.218. The summed E-state index contributed by atoms with van der Waals surface area (Å²) in [5.74, 6) is 0. The number of amides is 2. The first-order chi connectivity index (χ1) is 9.28. The minimum atomic E-state index is -0.127. The molecule has 19 heavy (non-hydrogen) atoms. The van der Waals surface area contributed by atoms with E-state index < -0.39 is 0 Å².